The maximum Gasteiger partial charge on any atom is 0.337 e. The van der Waals surface area contributed by atoms with E-state index in [1.54, 1.807) is 24.3 Å². The molecule has 0 saturated carbocycles. The van der Waals surface area contributed by atoms with E-state index in [9.17, 15) is 13.2 Å². The highest BCUT2D eigenvalue weighted by molar-refractivity contribution is 7.92. The molecule has 0 radical (unpaired) electrons. The zero-order valence-electron chi connectivity index (χ0n) is 11.4. The van der Waals surface area contributed by atoms with Crippen LogP contribution < -0.4 is 4.72 Å². The number of rotatable bonds is 4. The predicted octanol–water partition coefficient (Wildman–Crippen LogP) is 2.72. The molecule has 0 unspecified atom stereocenters. The van der Waals surface area contributed by atoms with E-state index in [0.717, 1.165) is 6.07 Å². The summed E-state index contributed by atoms with van der Waals surface area (Å²) >= 11 is 5.74. The van der Waals surface area contributed by atoms with Crippen LogP contribution in [0.5, 0.6) is 0 Å². The van der Waals surface area contributed by atoms with Gasteiger partial charge >= 0.3 is 5.97 Å². The summed E-state index contributed by atoms with van der Waals surface area (Å²) in [5.41, 5.74) is 0.985. The fraction of sp³-hybridized carbons (Fsp3) is 0. The molecule has 23 heavy (non-hydrogen) atoms. The Bertz CT molecular complexity index is 981. The van der Waals surface area contributed by atoms with Gasteiger partial charge in [-0.3, -0.25) is 0 Å². The maximum absolute atomic E-state index is 12.4. The number of imidazole rings is 1. The monoisotopic (exact) mass is 351 g/mol. The van der Waals surface area contributed by atoms with Crippen LogP contribution in [0, 0.1) is 0 Å². The summed E-state index contributed by atoms with van der Waals surface area (Å²) in [6, 6.07) is 10.5. The SMILES string of the molecule is O=C(O)c1cc(S(=O)(=O)Nc2nc3ccccc3[nH]2)ccc1Cl. The zero-order chi connectivity index (χ0) is 16.6. The molecule has 0 bridgehead atoms. The smallest absolute Gasteiger partial charge is 0.337 e. The van der Waals surface area contributed by atoms with Gasteiger partial charge in [-0.1, -0.05) is 23.7 Å². The number of anilines is 1. The number of carbonyl (C=O) groups is 1. The summed E-state index contributed by atoms with van der Waals surface area (Å²) in [6.07, 6.45) is 0. The molecule has 3 N–H and O–H groups in total. The second kappa shape index (κ2) is 5.56. The molecule has 118 valence electrons. The summed E-state index contributed by atoms with van der Waals surface area (Å²) in [6.45, 7) is 0. The third-order valence-electron chi connectivity index (χ3n) is 3.10. The summed E-state index contributed by atoms with van der Waals surface area (Å²) in [4.78, 5) is 17.8. The Kier molecular flexibility index (Phi) is 3.70. The lowest BCUT2D eigenvalue weighted by molar-refractivity contribution is 0.0697. The molecule has 0 spiro atoms. The lowest BCUT2D eigenvalue weighted by Crippen LogP contribution is -2.14. The topological polar surface area (TPSA) is 112 Å². The van der Waals surface area contributed by atoms with Crippen molar-refractivity contribution in [3.8, 4) is 0 Å². The Balaban J connectivity index is 1.98. The van der Waals surface area contributed by atoms with Crippen molar-refractivity contribution in [1.29, 1.82) is 0 Å². The number of benzene rings is 2. The number of sulfonamides is 1. The van der Waals surface area contributed by atoms with Crippen molar-refractivity contribution < 1.29 is 18.3 Å². The highest BCUT2D eigenvalue weighted by Crippen LogP contribution is 2.22. The summed E-state index contributed by atoms with van der Waals surface area (Å²) in [7, 11) is -4.00. The molecule has 7 nitrogen and oxygen atoms in total. The van der Waals surface area contributed by atoms with Crippen molar-refractivity contribution in [3.05, 3.63) is 53.1 Å². The minimum Gasteiger partial charge on any atom is -0.478 e. The largest absolute Gasteiger partial charge is 0.478 e. The van der Waals surface area contributed by atoms with Gasteiger partial charge in [-0.25, -0.2) is 22.9 Å². The molecular weight excluding hydrogens is 342 g/mol. The number of nitrogens with zero attached hydrogens (tertiary/aromatic N) is 1. The van der Waals surface area contributed by atoms with Crippen LogP contribution in [-0.4, -0.2) is 29.5 Å². The van der Waals surface area contributed by atoms with Crippen LogP contribution in [0.4, 0.5) is 5.95 Å². The molecule has 3 rings (SSSR count). The first-order valence-corrected chi connectivity index (χ1v) is 8.23. The normalized spacial score (nSPS) is 11.5. The van der Waals surface area contributed by atoms with Crippen molar-refractivity contribution in [2.75, 3.05) is 4.72 Å². The van der Waals surface area contributed by atoms with Crippen molar-refractivity contribution >= 4 is 44.6 Å². The molecule has 0 saturated heterocycles. The van der Waals surface area contributed by atoms with Gasteiger partial charge < -0.3 is 10.1 Å². The van der Waals surface area contributed by atoms with Crippen LogP contribution in [0.15, 0.2) is 47.4 Å². The first-order chi connectivity index (χ1) is 10.9. The van der Waals surface area contributed by atoms with E-state index in [0.29, 0.717) is 11.0 Å². The van der Waals surface area contributed by atoms with Gasteiger partial charge in [0.25, 0.3) is 10.0 Å². The predicted molar refractivity (Wildman–Crippen MR) is 85.3 cm³/mol. The van der Waals surface area contributed by atoms with Crippen LogP contribution in [0.2, 0.25) is 5.02 Å². The standard InChI is InChI=1S/C14H10ClN3O4S/c15-10-6-5-8(7-9(10)13(19)20)23(21,22)18-14-16-11-3-1-2-4-12(11)17-14/h1-7H,(H,19,20)(H2,16,17,18). The van der Waals surface area contributed by atoms with E-state index in [-0.39, 0.29) is 21.4 Å². The average Bonchev–Trinajstić information content (AvgIpc) is 2.88. The minimum atomic E-state index is -4.00. The van der Waals surface area contributed by atoms with Gasteiger partial charge in [0.1, 0.15) is 0 Å². The molecule has 0 amide bonds. The number of carboxylic acids is 1. The number of aromatic carboxylic acids is 1. The van der Waals surface area contributed by atoms with Crippen LogP contribution in [0.25, 0.3) is 11.0 Å². The fourth-order valence-electron chi connectivity index (χ4n) is 2.02. The number of hydrogen-bond donors (Lipinski definition) is 3. The first kappa shape index (κ1) is 15.3. The zero-order valence-corrected chi connectivity index (χ0v) is 13.0. The van der Waals surface area contributed by atoms with Crippen molar-refractivity contribution in [2.24, 2.45) is 0 Å². The summed E-state index contributed by atoms with van der Waals surface area (Å²) < 4.78 is 27.0. The molecule has 0 aliphatic heterocycles. The van der Waals surface area contributed by atoms with Crippen LogP contribution in [0.1, 0.15) is 10.4 Å². The number of aromatic amines is 1. The third-order valence-corrected chi connectivity index (χ3v) is 4.77. The van der Waals surface area contributed by atoms with E-state index in [4.69, 9.17) is 16.7 Å². The molecule has 1 heterocycles. The number of hydrogen-bond acceptors (Lipinski definition) is 4. The molecule has 9 heteroatoms. The lowest BCUT2D eigenvalue weighted by Gasteiger charge is -2.07. The quantitative estimate of drug-likeness (QED) is 0.669. The average molecular weight is 352 g/mol. The Labute approximate surface area is 136 Å². The number of nitrogens with one attached hydrogen (secondary N) is 2. The van der Waals surface area contributed by atoms with Crippen molar-refractivity contribution in [1.82, 2.24) is 9.97 Å². The molecule has 0 atom stereocenters. The lowest BCUT2D eigenvalue weighted by atomic mass is 10.2. The van der Waals surface area contributed by atoms with Crippen LogP contribution in [0.3, 0.4) is 0 Å². The molecule has 0 aliphatic carbocycles. The van der Waals surface area contributed by atoms with Gasteiger partial charge in [0, 0.05) is 0 Å². The molecule has 0 aliphatic rings. The molecule has 2 aromatic carbocycles. The Hall–Kier alpha value is -2.58. The molecule has 1 aromatic heterocycles. The molecule has 3 aromatic rings. The van der Waals surface area contributed by atoms with E-state index < -0.39 is 16.0 Å². The Morgan fingerprint density at radius 1 is 1.22 bits per heavy atom. The Morgan fingerprint density at radius 2 is 1.96 bits per heavy atom. The van der Waals surface area contributed by atoms with E-state index in [1.165, 1.54) is 12.1 Å². The number of aromatic nitrogens is 2. The van der Waals surface area contributed by atoms with E-state index >= 15 is 0 Å². The second-order valence-corrected chi connectivity index (χ2v) is 6.74. The van der Waals surface area contributed by atoms with Gasteiger partial charge in [0.2, 0.25) is 5.95 Å². The number of H-pyrrole nitrogens is 1. The van der Waals surface area contributed by atoms with Crippen molar-refractivity contribution in [3.63, 3.8) is 0 Å². The highest BCUT2D eigenvalue weighted by atomic mass is 35.5. The summed E-state index contributed by atoms with van der Waals surface area (Å²) in [5.74, 6) is -1.27. The van der Waals surface area contributed by atoms with Gasteiger partial charge in [0.05, 0.1) is 26.5 Å². The number of para-hydroxylation sites is 2. The van der Waals surface area contributed by atoms with E-state index in [2.05, 4.69) is 14.7 Å². The fourth-order valence-corrected chi connectivity index (χ4v) is 3.21. The van der Waals surface area contributed by atoms with Crippen LogP contribution in [-0.2, 0) is 10.0 Å². The van der Waals surface area contributed by atoms with Crippen molar-refractivity contribution in [2.45, 2.75) is 4.90 Å². The second-order valence-electron chi connectivity index (χ2n) is 4.65. The highest BCUT2D eigenvalue weighted by Gasteiger charge is 2.19. The molecule has 0 fully saturated rings. The first-order valence-electron chi connectivity index (χ1n) is 6.37. The van der Waals surface area contributed by atoms with Gasteiger partial charge in [-0.05, 0) is 30.3 Å². The number of fused-ring (bicyclic) bond motifs is 1. The van der Waals surface area contributed by atoms with Gasteiger partial charge in [-0.2, -0.15) is 0 Å². The number of carboxylic acid groups (broad SMARTS) is 1. The van der Waals surface area contributed by atoms with Crippen LogP contribution >= 0.6 is 11.6 Å². The minimum absolute atomic E-state index is 0.0398. The number of halogens is 1. The molecular formula is C14H10ClN3O4S. The third kappa shape index (κ3) is 2.99. The van der Waals surface area contributed by atoms with Gasteiger partial charge in [-0.15, -0.1) is 0 Å². The van der Waals surface area contributed by atoms with E-state index in [1.807, 2.05) is 0 Å². The summed E-state index contributed by atoms with van der Waals surface area (Å²) in [5, 5.41) is 8.98. The van der Waals surface area contributed by atoms with Gasteiger partial charge in [0.15, 0.2) is 0 Å². The maximum atomic E-state index is 12.4. The Morgan fingerprint density at radius 3 is 2.65 bits per heavy atom.